The predicted molar refractivity (Wildman–Crippen MR) is 92.6 cm³/mol. The molecule has 2 atom stereocenters. The minimum Gasteiger partial charge on any atom is -0.336 e. The highest BCUT2D eigenvalue weighted by Gasteiger charge is 2.44. The number of hydrogen-bond acceptors (Lipinski definition) is 3. The molecule has 2 aliphatic heterocycles. The molecule has 5 heteroatoms. The third kappa shape index (κ3) is 2.65. The molecule has 1 aromatic rings. The zero-order valence-electron chi connectivity index (χ0n) is 13.4. The summed E-state index contributed by atoms with van der Waals surface area (Å²) in [6, 6.07) is 7.92. The molecule has 0 aromatic heterocycles. The molecule has 4 rings (SSSR count). The van der Waals surface area contributed by atoms with E-state index in [2.05, 4.69) is 4.90 Å². The summed E-state index contributed by atoms with van der Waals surface area (Å²) in [5, 5.41) is 0. The van der Waals surface area contributed by atoms with E-state index in [1.165, 1.54) is 12.8 Å². The second-order valence-corrected chi connectivity index (χ2v) is 7.90. The number of nitrogens with zero attached hydrogens (tertiary/aromatic N) is 2. The molecule has 1 aliphatic carbocycles. The summed E-state index contributed by atoms with van der Waals surface area (Å²) in [5.41, 5.74) is 2.02. The van der Waals surface area contributed by atoms with Crippen LogP contribution in [0.4, 0.5) is 5.69 Å². The summed E-state index contributed by atoms with van der Waals surface area (Å²) in [6.07, 6.45) is 3.14. The minimum absolute atomic E-state index is 0.0392. The normalized spacial score (nSPS) is 27.0. The van der Waals surface area contributed by atoms with Gasteiger partial charge in [-0.05, 0) is 30.4 Å². The van der Waals surface area contributed by atoms with Crippen LogP contribution in [0.5, 0.6) is 0 Å². The molecule has 1 aromatic carbocycles. The molecule has 1 unspecified atom stereocenters. The van der Waals surface area contributed by atoms with Crippen molar-refractivity contribution in [3.05, 3.63) is 29.8 Å². The Morgan fingerprint density at radius 2 is 2.00 bits per heavy atom. The van der Waals surface area contributed by atoms with Crippen molar-refractivity contribution in [1.29, 1.82) is 0 Å². The molecule has 4 nitrogen and oxygen atoms in total. The van der Waals surface area contributed by atoms with E-state index in [-0.39, 0.29) is 17.9 Å². The first-order chi connectivity index (χ1) is 11.2. The van der Waals surface area contributed by atoms with Crippen molar-refractivity contribution in [1.82, 2.24) is 4.90 Å². The lowest BCUT2D eigenvalue weighted by Gasteiger charge is -2.38. The highest BCUT2D eigenvalue weighted by Crippen LogP contribution is 2.40. The molecule has 2 heterocycles. The van der Waals surface area contributed by atoms with E-state index in [4.69, 9.17) is 0 Å². The Hall–Kier alpha value is -1.49. The van der Waals surface area contributed by atoms with Crippen LogP contribution in [-0.2, 0) is 16.0 Å². The third-order valence-electron chi connectivity index (χ3n) is 5.22. The number of benzene rings is 1. The second-order valence-electron chi connectivity index (χ2n) is 6.75. The van der Waals surface area contributed by atoms with Gasteiger partial charge < -0.3 is 4.90 Å². The van der Waals surface area contributed by atoms with E-state index in [0.29, 0.717) is 18.4 Å². The number of anilines is 1. The molecule has 0 spiro atoms. The average Bonchev–Trinajstić information content (AvgIpc) is 3.33. The minimum atomic E-state index is -0.353. The van der Waals surface area contributed by atoms with Crippen molar-refractivity contribution < 1.29 is 9.59 Å². The number of rotatable bonds is 2. The van der Waals surface area contributed by atoms with Crippen LogP contribution in [0.3, 0.4) is 0 Å². The SMILES string of the molecule is CC(=O)N1c2ccccc2C[C@@H]1C(=O)N1CCSCC1C1CC1. The number of amides is 2. The number of carbonyl (C=O) groups is 2. The van der Waals surface area contributed by atoms with Gasteiger partial charge in [-0.3, -0.25) is 14.5 Å². The van der Waals surface area contributed by atoms with E-state index in [0.717, 1.165) is 29.3 Å². The summed E-state index contributed by atoms with van der Waals surface area (Å²) < 4.78 is 0. The Balaban J connectivity index is 1.61. The Kier molecular flexibility index (Phi) is 3.84. The fourth-order valence-corrected chi connectivity index (χ4v) is 5.12. The molecular weight excluding hydrogens is 308 g/mol. The number of carbonyl (C=O) groups excluding carboxylic acids is 2. The number of para-hydroxylation sites is 1. The Bertz CT molecular complexity index is 644. The molecule has 1 saturated heterocycles. The Morgan fingerprint density at radius 3 is 2.74 bits per heavy atom. The summed E-state index contributed by atoms with van der Waals surface area (Å²) in [5.74, 6) is 2.85. The van der Waals surface area contributed by atoms with Crippen molar-refractivity contribution in [2.75, 3.05) is 23.0 Å². The molecule has 0 N–H and O–H groups in total. The summed E-state index contributed by atoms with van der Waals surface area (Å²) in [6.45, 7) is 2.38. The van der Waals surface area contributed by atoms with Gasteiger partial charge in [-0.1, -0.05) is 18.2 Å². The zero-order chi connectivity index (χ0) is 16.0. The number of fused-ring (bicyclic) bond motifs is 1. The van der Waals surface area contributed by atoms with E-state index in [1.807, 2.05) is 36.0 Å². The van der Waals surface area contributed by atoms with Crippen LogP contribution in [0.1, 0.15) is 25.3 Å². The van der Waals surface area contributed by atoms with Gasteiger partial charge in [-0.2, -0.15) is 11.8 Å². The van der Waals surface area contributed by atoms with Crippen LogP contribution in [0.25, 0.3) is 0 Å². The number of thioether (sulfide) groups is 1. The maximum absolute atomic E-state index is 13.2. The first-order valence-electron chi connectivity index (χ1n) is 8.42. The maximum atomic E-state index is 13.2. The lowest BCUT2D eigenvalue weighted by molar-refractivity contribution is -0.136. The molecule has 0 radical (unpaired) electrons. The summed E-state index contributed by atoms with van der Waals surface area (Å²) in [7, 11) is 0. The fraction of sp³-hybridized carbons (Fsp3) is 0.556. The molecule has 2 amide bonds. The van der Waals surface area contributed by atoms with E-state index >= 15 is 0 Å². The fourth-order valence-electron chi connectivity index (χ4n) is 3.93. The monoisotopic (exact) mass is 330 g/mol. The molecule has 122 valence electrons. The Labute approximate surface area is 141 Å². The van der Waals surface area contributed by atoms with Crippen molar-refractivity contribution in [2.24, 2.45) is 5.92 Å². The second kappa shape index (κ2) is 5.86. The van der Waals surface area contributed by atoms with Gasteiger partial charge in [0.25, 0.3) is 0 Å². The van der Waals surface area contributed by atoms with Crippen molar-refractivity contribution in [2.45, 2.75) is 38.3 Å². The van der Waals surface area contributed by atoms with Gasteiger partial charge in [0.2, 0.25) is 11.8 Å². The van der Waals surface area contributed by atoms with Gasteiger partial charge >= 0.3 is 0 Å². The largest absolute Gasteiger partial charge is 0.336 e. The molecule has 1 saturated carbocycles. The molecule has 3 aliphatic rings. The van der Waals surface area contributed by atoms with Crippen LogP contribution in [0.15, 0.2) is 24.3 Å². The standard InChI is InChI=1S/C18H22N2O2S/c1-12(21)20-15-5-3-2-4-14(15)10-16(20)18(22)19-8-9-23-11-17(19)13-6-7-13/h2-5,13,16-17H,6-11H2,1H3/t16-,17?/m1/s1. The van der Waals surface area contributed by atoms with E-state index in [1.54, 1.807) is 11.8 Å². The van der Waals surface area contributed by atoms with Crippen LogP contribution < -0.4 is 4.90 Å². The lowest BCUT2D eigenvalue weighted by Crippen LogP contribution is -2.55. The van der Waals surface area contributed by atoms with E-state index in [9.17, 15) is 9.59 Å². The lowest BCUT2D eigenvalue weighted by atomic mass is 10.1. The van der Waals surface area contributed by atoms with Crippen molar-refractivity contribution in [3.8, 4) is 0 Å². The van der Waals surface area contributed by atoms with Crippen LogP contribution in [-0.4, -0.2) is 46.8 Å². The van der Waals surface area contributed by atoms with Gasteiger partial charge in [0.15, 0.2) is 0 Å². The van der Waals surface area contributed by atoms with Crippen LogP contribution in [0, 0.1) is 5.92 Å². The van der Waals surface area contributed by atoms with Gasteiger partial charge in [0.05, 0.1) is 0 Å². The van der Waals surface area contributed by atoms with Crippen molar-refractivity contribution in [3.63, 3.8) is 0 Å². The van der Waals surface area contributed by atoms with Crippen molar-refractivity contribution >= 4 is 29.3 Å². The average molecular weight is 330 g/mol. The highest BCUT2D eigenvalue weighted by molar-refractivity contribution is 7.99. The van der Waals surface area contributed by atoms with Crippen LogP contribution >= 0.6 is 11.8 Å². The van der Waals surface area contributed by atoms with Gasteiger partial charge in [0, 0.05) is 43.1 Å². The van der Waals surface area contributed by atoms with Gasteiger partial charge in [-0.15, -0.1) is 0 Å². The first kappa shape index (κ1) is 15.1. The zero-order valence-corrected chi connectivity index (χ0v) is 14.2. The molecular formula is C18H22N2O2S. The molecule has 0 bridgehead atoms. The van der Waals surface area contributed by atoms with Crippen LogP contribution in [0.2, 0.25) is 0 Å². The quantitative estimate of drug-likeness (QED) is 0.835. The van der Waals surface area contributed by atoms with Gasteiger partial charge in [-0.25, -0.2) is 0 Å². The smallest absolute Gasteiger partial charge is 0.246 e. The summed E-state index contributed by atoms with van der Waals surface area (Å²) in [4.78, 5) is 29.2. The topological polar surface area (TPSA) is 40.6 Å². The molecule has 23 heavy (non-hydrogen) atoms. The van der Waals surface area contributed by atoms with Gasteiger partial charge in [0.1, 0.15) is 6.04 Å². The highest BCUT2D eigenvalue weighted by atomic mass is 32.2. The molecule has 2 fully saturated rings. The third-order valence-corrected chi connectivity index (χ3v) is 6.26. The van der Waals surface area contributed by atoms with E-state index < -0.39 is 0 Å². The Morgan fingerprint density at radius 1 is 1.22 bits per heavy atom. The first-order valence-corrected chi connectivity index (χ1v) is 9.58. The maximum Gasteiger partial charge on any atom is 0.246 e. The number of hydrogen-bond donors (Lipinski definition) is 0. The summed E-state index contributed by atoms with van der Waals surface area (Å²) >= 11 is 1.96. The predicted octanol–water partition coefficient (Wildman–Crippen LogP) is 2.32.